The molecule has 0 radical (unpaired) electrons. The lowest BCUT2D eigenvalue weighted by Crippen LogP contribution is -2.24. The van der Waals surface area contributed by atoms with Crippen molar-refractivity contribution in [2.45, 2.75) is 26.1 Å². The maximum atomic E-state index is 12.1. The number of halogens is 1. The Labute approximate surface area is 146 Å². The number of hydrogen-bond acceptors (Lipinski definition) is 4. The van der Waals surface area contributed by atoms with Gasteiger partial charge in [-0.25, -0.2) is 0 Å². The molecule has 126 valence electrons. The van der Waals surface area contributed by atoms with Gasteiger partial charge in [-0.1, -0.05) is 24.3 Å². The second-order valence-corrected chi connectivity index (χ2v) is 5.85. The summed E-state index contributed by atoms with van der Waals surface area (Å²) in [5, 5.41) is 6.30. The van der Waals surface area contributed by atoms with Crippen LogP contribution in [0.1, 0.15) is 22.3 Å². The van der Waals surface area contributed by atoms with E-state index in [1.807, 2.05) is 18.2 Å². The molecule has 2 aromatic rings. The van der Waals surface area contributed by atoms with Gasteiger partial charge in [0.15, 0.2) is 11.5 Å². The molecule has 24 heavy (non-hydrogen) atoms. The highest BCUT2D eigenvalue weighted by molar-refractivity contribution is 5.85. The zero-order valence-electron chi connectivity index (χ0n) is 13.1. The van der Waals surface area contributed by atoms with Crippen LogP contribution in [0, 0.1) is 0 Å². The highest BCUT2D eigenvalue weighted by Crippen LogP contribution is 2.32. The first-order valence-electron chi connectivity index (χ1n) is 7.74. The molecule has 2 N–H and O–H groups in total. The Morgan fingerprint density at radius 1 is 1.00 bits per heavy atom. The Kier molecular flexibility index (Phi) is 4.92. The van der Waals surface area contributed by atoms with Crippen molar-refractivity contribution >= 4 is 18.3 Å². The first-order chi connectivity index (χ1) is 11.3. The molecule has 2 aromatic carbocycles. The number of benzene rings is 2. The van der Waals surface area contributed by atoms with Crippen LogP contribution in [0.25, 0.3) is 0 Å². The van der Waals surface area contributed by atoms with Gasteiger partial charge in [-0.2, -0.15) is 0 Å². The zero-order valence-corrected chi connectivity index (χ0v) is 13.9. The van der Waals surface area contributed by atoms with Gasteiger partial charge in [0.1, 0.15) is 0 Å². The fourth-order valence-corrected chi connectivity index (χ4v) is 2.96. The zero-order chi connectivity index (χ0) is 15.6. The van der Waals surface area contributed by atoms with Crippen LogP contribution in [0.5, 0.6) is 11.5 Å². The molecule has 0 aliphatic carbocycles. The Hall–Kier alpha value is -2.24. The minimum absolute atomic E-state index is 0. The van der Waals surface area contributed by atoms with E-state index in [1.165, 1.54) is 11.1 Å². The summed E-state index contributed by atoms with van der Waals surface area (Å²) >= 11 is 0. The van der Waals surface area contributed by atoms with Crippen molar-refractivity contribution in [3.63, 3.8) is 0 Å². The Balaban J connectivity index is 0.00000169. The fourth-order valence-electron chi connectivity index (χ4n) is 2.96. The number of ether oxygens (including phenoxy) is 2. The summed E-state index contributed by atoms with van der Waals surface area (Å²) < 4.78 is 10.6. The van der Waals surface area contributed by atoms with E-state index in [-0.39, 0.29) is 25.1 Å². The molecule has 0 atom stereocenters. The first-order valence-corrected chi connectivity index (χ1v) is 7.74. The van der Waals surface area contributed by atoms with E-state index in [1.54, 1.807) is 0 Å². The molecular formula is C18H19ClN2O3. The molecule has 2 aliphatic rings. The molecule has 2 heterocycles. The number of fused-ring (bicyclic) bond motifs is 2. The summed E-state index contributed by atoms with van der Waals surface area (Å²) in [7, 11) is 0. The number of nitrogens with one attached hydrogen (secondary N) is 2. The molecule has 4 rings (SSSR count). The highest BCUT2D eigenvalue weighted by Gasteiger charge is 2.15. The van der Waals surface area contributed by atoms with Crippen LogP contribution in [0.2, 0.25) is 0 Å². The summed E-state index contributed by atoms with van der Waals surface area (Å²) in [5.74, 6) is 1.45. The van der Waals surface area contributed by atoms with Crippen LogP contribution in [-0.4, -0.2) is 12.7 Å². The predicted octanol–water partition coefficient (Wildman–Crippen LogP) is 2.30. The van der Waals surface area contributed by atoms with Crippen LogP contribution in [0.15, 0.2) is 36.4 Å². The minimum Gasteiger partial charge on any atom is -0.454 e. The second kappa shape index (κ2) is 7.11. The summed E-state index contributed by atoms with van der Waals surface area (Å²) in [4.78, 5) is 12.1. The average Bonchev–Trinajstić information content (AvgIpc) is 3.20. The summed E-state index contributed by atoms with van der Waals surface area (Å²) in [5.41, 5.74) is 4.73. The standard InChI is InChI=1S/C18H18N2O3.ClH/c21-18(7-12-2-4-16-17(6-12)23-11-22-16)20-8-13-1-3-14-9-19-10-15(14)5-13;/h1-6,19H,7-11H2,(H,20,21);1H. The quantitative estimate of drug-likeness (QED) is 0.892. The highest BCUT2D eigenvalue weighted by atomic mass is 35.5. The maximum Gasteiger partial charge on any atom is 0.231 e. The van der Waals surface area contributed by atoms with Gasteiger partial charge in [0, 0.05) is 19.6 Å². The minimum atomic E-state index is 0. The molecule has 0 saturated heterocycles. The van der Waals surface area contributed by atoms with Crippen LogP contribution >= 0.6 is 12.4 Å². The fraction of sp³-hybridized carbons (Fsp3) is 0.278. The van der Waals surface area contributed by atoms with Gasteiger partial charge in [0.2, 0.25) is 12.7 Å². The molecule has 0 spiro atoms. The van der Waals surface area contributed by atoms with Gasteiger partial charge in [-0.3, -0.25) is 4.79 Å². The largest absolute Gasteiger partial charge is 0.454 e. The maximum absolute atomic E-state index is 12.1. The van der Waals surface area contributed by atoms with Crippen LogP contribution in [0.3, 0.4) is 0 Å². The van der Waals surface area contributed by atoms with E-state index in [0.717, 1.165) is 30.0 Å². The van der Waals surface area contributed by atoms with Crippen LogP contribution in [0.4, 0.5) is 0 Å². The normalized spacial score (nSPS) is 14.0. The van der Waals surface area contributed by atoms with Crippen molar-refractivity contribution in [3.05, 3.63) is 58.7 Å². The van der Waals surface area contributed by atoms with Crippen LogP contribution in [-0.2, 0) is 30.8 Å². The van der Waals surface area contributed by atoms with Crippen LogP contribution < -0.4 is 20.1 Å². The topological polar surface area (TPSA) is 59.6 Å². The van der Waals surface area contributed by atoms with E-state index in [4.69, 9.17) is 9.47 Å². The molecule has 6 heteroatoms. The van der Waals surface area contributed by atoms with Gasteiger partial charge in [-0.05, 0) is 34.4 Å². The predicted molar refractivity (Wildman–Crippen MR) is 92.3 cm³/mol. The van der Waals surface area contributed by atoms with Crippen molar-refractivity contribution in [1.82, 2.24) is 10.6 Å². The molecular weight excluding hydrogens is 328 g/mol. The van der Waals surface area contributed by atoms with E-state index in [9.17, 15) is 4.79 Å². The number of amides is 1. The van der Waals surface area contributed by atoms with Gasteiger partial charge in [0.05, 0.1) is 6.42 Å². The van der Waals surface area contributed by atoms with Gasteiger partial charge in [-0.15, -0.1) is 12.4 Å². The molecule has 0 aromatic heterocycles. The van der Waals surface area contributed by atoms with Crippen molar-refractivity contribution in [2.24, 2.45) is 0 Å². The Morgan fingerprint density at radius 2 is 1.79 bits per heavy atom. The molecule has 0 bridgehead atoms. The van der Waals surface area contributed by atoms with E-state index < -0.39 is 0 Å². The molecule has 0 unspecified atom stereocenters. The average molecular weight is 347 g/mol. The van der Waals surface area contributed by atoms with Crippen molar-refractivity contribution in [3.8, 4) is 11.5 Å². The summed E-state index contributed by atoms with van der Waals surface area (Å²) in [6.07, 6.45) is 0.336. The van der Waals surface area contributed by atoms with Crippen molar-refractivity contribution in [2.75, 3.05) is 6.79 Å². The lowest BCUT2D eigenvalue weighted by Gasteiger charge is -2.08. The van der Waals surface area contributed by atoms with Crippen molar-refractivity contribution in [1.29, 1.82) is 0 Å². The molecule has 1 amide bonds. The molecule has 2 aliphatic heterocycles. The second-order valence-electron chi connectivity index (χ2n) is 5.85. The van der Waals surface area contributed by atoms with Gasteiger partial charge < -0.3 is 20.1 Å². The smallest absolute Gasteiger partial charge is 0.231 e. The first kappa shape index (κ1) is 16.6. The molecule has 0 fully saturated rings. The third-order valence-electron chi connectivity index (χ3n) is 4.19. The number of carbonyl (C=O) groups is 1. The SMILES string of the molecule is Cl.O=C(Cc1ccc2c(c1)OCO2)NCc1ccc2c(c1)CNC2. The van der Waals surface area contributed by atoms with Gasteiger partial charge in [0.25, 0.3) is 0 Å². The van der Waals surface area contributed by atoms with Crippen molar-refractivity contribution < 1.29 is 14.3 Å². The molecule has 5 nitrogen and oxygen atoms in total. The van der Waals surface area contributed by atoms with Gasteiger partial charge >= 0.3 is 0 Å². The third kappa shape index (κ3) is 3.47. The lowest BCUT2D eigenvalue weighted by atomic mass is 10.1. The van der Waals surface area contributed by atoms with E-state index in [2.05, 4.69) is 28.8 Å². The Bertz CT molecular complexity index is 764. The summed E-state index contributed by atoms with van der Waals surface area (Å²) in [6, 6.07) is 12.0. The number of hydrogen-bond donors (Lipinski definition) is 2. The number of rotatable bonds is 4. The monoisotopic (exact) mass is 346 g/mol. The third-order valence-corrected chi connectivity index (χ3v) is 4.19. The number of carbonyl (C=O) groups excluding carboxylic acids is 1. The summed E-state index contributed by atoms with van der Waals surface area (Å²) in [6.45, 7) is 2.65. The van der Waals surface area contributed by atoms with E-state index >= 15 is 0 Å². The lowest BCUT2D eigenvalue weighted by molar-refractivity contribution is -0.120. The molecule has 0 saturated carbocycles. The van der Waals surface area contributed by atoms with E-state index in [0.29, 0.717) is 18.7 Å². The Morgan fingerprint density at radius 3 is 2.71 bits per heavy atom.